The van der Waals surface area contributed by atoms with Gasteiger partial charge in [0.15, 0.2) is 0 Å². The molecule has 3 nitrogen and oxygen atoms in total. The summed E-state index contributed by atoms with van der Waals surface area (Å²) in [7, 11) is 0. The van der Waals surface area contributed by atoms with Crippen LogP contribution in [0.4, 0.5) is 0 Å². The number of rotatable bonds is 10. The van der Waals surface area contributed by atoms with Gasteiger partial charge in [0.25, 0.3) is 0 Å². The smallest absolute Gasteiger partial charge is 0.343 e. The highest BCUT2D eigenvalue weighted by Crippen LogP contribution is 2.31. The number of phenols is 1. The van der Waals surface area contributed by atoms with E-state index in [1.165, 1.54) is 5.56 Å². The highest BCUT2D eigenvalue weighted by atomic mass is 16.5. The maximum atomic E-state index is 12.9. The van der Waals surface area contributed by atoms with Crippen molar-refractivity contribution in [3.8, 4) is 11.5 Å². The van der Waals surface area contributed by atoms with Crippen LogP contribution in [-0.2, 0) is 19.3 Å². The van der Waals surface area contributed by atoms with Crippen molar-refractivity contribution in [1.29, 1.82) is 0 Å². The van der Waals surface area contributed by atoms with Gasteiger partial charge in [0.2, 0.25) is 0 Å². The summed E-state index contributed by atoms with van der Waals surface area (Å²) < 4.78 is 5.83. The first-order chi connectivity index (χ1) is 13.9. The third-order valence-corrected chi connectivity index (χ3v) is 5.40. The fraction of sp³-hybridized carbons (Fsp3) is 0.500. The molecule has 0 aliphatic rings. The molecule has 2 aromatic rings. The maximum Gasteiger partial charge on any atom is 0.343 e. The number of carbonyl (C=O) groups is 1. The van der Waals surface area contributed by atoms with E-state index in [0.717, 1.165) is 55.2 Å². The fourth-order valence-corrected chi connectivity index (χ4v) is 3.54. The van der Waals surface area contributed by atoms with Crippen molar-refractivity contribution in [1.82, 2.24) is 0 Å². The topological polar surface area (TPSA) is 46.5 Å². The molecule has 1 N–H and O–H groups in total. The highest BCUT2D eigenvalue weighted by molar-refractivity contribution is 5.92. The second-order valence-electron chi connectivity index (χ2n) is 8.12. The second-order valence-corrected chi connectivity index (χ2v) is 8.12. The van der Waals surface area contributed by atoms with Crippen LogP contribution < -0.4 is 4.74 Å². The van der Waals surface area contributed by atoms with E-state index in [1.54, 1.807) is 12.1 Å². The molecule has 0 spiro atoms. The van der Waals surface area contributed by atoms with Crippen LogP contribution in [0.2, 0.25) is 0 Å². The Labute approximate surface area is 176 Å². The molecular formula is C26H36O3. The summed E-state index contributed by atoms with van der Waals surface area (Å²) in [5.41, 5.74) is 4.49. The number of carbonyl (C=O) groups excluding carboxylic acids is 1. The summed E-state index contributed by atoms with van der Waals surface area (Å²) in [4.78, 5) is 12.9. The molecule has 0 amide bonds. The molecule has 2 rings (SSSR count). The second kappa shape index (κ2) is 11.0. The molecule has 0 atom stereocenters. The third-order valence-electron chi connectivity index (χ3n) is 5.40. The van der Waals surface area contributed by atoms with Crippen LogP contribution in [0.1, 0.15) is 98.8 Å². The molecule has 3 heteroatoms. The number of hydrogen-bond donors (Lipinski definition) is 1. The lowest BCUT2D eigenvalue weighted by Crippen LogP contribution is -2.12. The van der Waals surface area contributed by atoms with Gasteiger partial charge in [-0.2, -0.15) is 0 Å². The molecule has 0 saturated heterocycles. The van der Waals surface area contributed by atoms with Crippen LogP contribution in [0.25, 0.3) is 0 Å². The van der Waals surface area contributed by atoms with E-state index in [0.29, 0.717) is 23.5 Å². The monoisotopic (exact) mass is 396 g/mol. The molecule has 0 unspecified atom stereocenters. The Morgan fingerprint density at radius 1 is 0.966 bits per heavy atom. The number of benzene rings is 2. The lowest BCUT2D eigenvalue weighted by Gasteiger charge is -2.16. The van der Waals surface area contributed by atoms with Crippen molar-refractivity contribution in [2.24, 2.45) is 0 Å². The van der Waals surface area contributed by atoms with Crippen molar-refractivity contribution in [2.45, 2.75) is 85.5 Å². The molecule has 29 heavy (non-hydrogen) atoms. The summed E-state index contributed by atoms with van der Waals surface area (Å²) in [6.45, 7) is 10.5. The van der Waals surface area contributed by atoms with Gasteiger partial charge in [-0.3, -0.25) is 0 Å². The predicted molar refractivity (Wildman–Crippen MR) is 120 cm³/mol. The highest BCUT2D eigenvalue weighted by Gasteiger charge is 2.18. The van der Waals surface area contributed by atoms with Crippen molar-refractivity contribution >= 4 is 5.97 Å². The van der Waals surface area contributed by atoms with E-state index in [4.69, 9.17) is 4.74 Å². The Morgan fingerprint density at radius 2 is 1.62 bits per heavy atom. The van der Waals surface area contributed by atoms with Gasteiger partial charge in [-0.15, -0.1) is 0 Å². The number of unbranched alkanes of at least 4 members (excludes halogenated alkanes) is 2. The van der Waals surface area contributed by atoms with Crippen molar-refractivity contribution in [3.63, 3.8) is 0 Å². The molecule has 0 aliphatic heterocycles. The van der Waals surface area contributed by atoms with Gasteiger partial charge in [-0.05, 0) is 78.5 Å². The minimum atomic E-state index is -0.361. The SMILES string of the molecule is CCCCc1ccc(OC(=O)c2cc(CC)c(O)c(CCCC)c2)c(C(C)C)c1. The van der Waals surface area contributed by atoms with Gasteiger partial charge in [0.1, 0.15) is 11.5 Å². The molecule has 158 valence electrons. The van der Waals surface area contributed by atoms with Crippen LogP contribution in [0.3, 0.4) is 0 Å². The zero-order valence-corrected chi connectivity index (χ0v) is 18.7. The molecule has 2 aromatic carbocycles. The van der Waals surface area contributed by atoms with Crippen molar-refractivity contribution < 1.29 is 14.6 Å². The minimum absolute atomic E-state index is 0.269. The first kappa shape index (κ1) is 23.0. The lowest BCUT2D eigenvalue weighted by molar-refractivity contribution is 0.0732. The Balaban J connectivity index is 2.31. The standard InChI is InChI=1S/C26H36O3/c1-6-9-11-19-13-14-24(23(15-19)18(4)5)29-26(28)22-16-20(8-3)25(27)21(17-22)12-10-7-2/h13-18,27H,6-12H2,1-5H3. The lowest BCUT2D eigenvalue weighted by atomic mass is 9.97. The van der Waals surface area contributed by atoms with E-state index in [1.807, 2.05) is 13.0 Å². The van der Waals surface area contributed by atoms with Gasteiger partial charge in [-0.25, -0.2) is 4.79 Å². The minimum Gasteiger partial charge on any atom is -0.507 e. The average Bonchev–Trinajstić information content (AvgIpc) is 2.71. The van der Waals surface area contributed by atoms with Crippen LogP contribution in [0.5, 0.6) is 11.5 Å². The molecule has 0 saturated carbocycles. The number of ether oxygens (including phenoxy) is 1. The zero-order valence-electron chi connectivity index (χ0n) is 18.7. The van der Waals surface area contributed by atoms with Crippen LogP contribution in [-0.4, -0.2) is 11.1 Å². The largest absolute Gasteiger partial charge is 0.507 e. The Hall–Kier alpha value is -2.29. The predicted octanol–water partition coefficient (Wildman–Crippen LogP) is 6.98. The number of aromatic hydroxyl groups is 1. The fourth-order valence-electron chi connectivity index (χ4n) is 3.54. The Kier molecular flexibility index (Phi) is 8.75. The average molecular weight is 397 g/mol. The van der Waals surface area contributed by atoms with Crippen molar-refractivity contribution in [2.75, 3.05) is 0 Å². The van der Waals surface area contributed by atoms with Gasteiger partial charge in [0.05, 0.1) is 5.56 Å². The number of hydrogen-bond acceptors (Lipinski definition) is 3. The van der Waals surface area contributed by atoms with Crippen molar-refractivity contribution in [3.05, 3.63) is 58.1 Å². The normalized spacial score (nSPS) is 11.1. The Morgan fingerprint density at radius 3 is 2.24 bits per heavy atom. The van der Waals surface area contributed by atoms with Crippen LogP contribution in [0.15, 0.2) is 30.3 Å². The van der Waals surface area contributed by atoms with Gasteiger partial charge in [0, 0.05) is 0 Å². The Bertz CT molecular complexity index is 821. The van der Waals surface area contributed by atoms with Gasteiger partial charge in [-0.1, -0.05) is 59.6 Å². The quantitative estimate of drug-likeness (QED) is 0.348. The summed E-state index contributed by atoms with van der Waals surface area (Å²) in [6, 6.07) is 9.71. The first-order valence-corrected chi connectivity index (χ1v) is 11.1. The zero-order chi connectivity index (χ0) is 21.4. The van der Waals surface area contributed by atoms with E-state index in [2.05, 4.69) is 39.8 Å². The molecule has 0 aliphatic carbocycles. The number of esters is 1. The number of phenolic OH excluding ortho intramolecular Hbond substituents is 1. The van der Waals surface area contributed by atoms with E-state index >= 15 is 0 Å². The van der Waals surface area contributed by atoms with E-state index < -0.39 is 0 Å². The summed E-state index contributed by atoms with van der Waals surface area (Å²) in [5, 5.41) is 10.5. The molecule has 0 fully saturated rings. The summed E-state index contributed by atoms with van der Waals surface area (Å²) in [6.07, 6.45) is 6.82. The number of aryl methyl sites for hydroxylation is 3. The van der Waals surface area contributed by atoms with Crippen LogP contribution >= 0.6 is 0 Å². The first-order valence-electron chi connectivity index (χ1n) is 11.1. The van der Waals surface area contributed by atoms with Gasteiger partial charge >= 0.3 is 5.97 Å². The summed E-state index contributed by atoms with van der Waals surface area (Å²) >= 11 is 0. The van der Waals surface area contributed by atoms with E-state index in [-0.39, 0.29) is 11.9 Å². The molecule has 0 radical (unpaired) electrons. The van der Waals surface area contributed by atoms with Crippen LogP contribution in [0, 0.1) is 0 Å². The van der Waals surface area contributed by atoms with E-state index in [9.17, 15) is 9.90 Å². The third kappa shape index (κ3) is 6.09. The summed E-state index contributed by atoms with van der Waals surface area (Å²) in [5.74, 6) is 0.860. The molecule has 0 heterocycles. The molecule has 0 aromatic heterocycles. The van der Waals surface area contributed by atoms with Gasteiger partial charge < -0.3 is 9.84 Å². The molecular weight excluding hydrogens is 360 g/mol. The maximum absolute atomic E-state index is 12.9. The molecule has 0 bridgehead atoms.